The maximum Gasteiger partial charge on any atom is 0.394 e. The van der Waals surface area contributed by atoms with E-state index in [9.17, 15) is 26.7 Å². The molecule has 1 N–H and O–H groups in total. The van der Waals surface area contributed by atoms with E-state index in [0.717, 1.165) is 45.6 Å². The van der Waals surface area contributed by atoms with Crippen molar-refractivity contribution in [3.63, 3.8) is 0 Å². The summed E-state index contributed by atoms with van der Waals surface area (Å²) in [7, 11) is 1.46. The highest BCUT2D eigenvalue weighted by atomic mass is 35.5. The third-order valence-electron chi connectivity index (χ3n) is 7.23. The largest absolute Gasteiger partial charge is 0.434 e. The van der Waals surface area contributed by atoms with Crippen molar-refractivity contribution in [1.82, 2.24) is 15.1 Å². The molecule has 1 aliphatic carbocycles. The SMILES string of the molecule is COCCn1nc(C(=O)NCC2CCC(C)CC2)c(Cl)c1-c1ccc(CC(C)(C)C(F)(F)F)cc1OC(F)F.O=S=O. The number of benzene rings is 1. The first kappa shape index (κ1) is 35.6. The van der Waals surface area contributed by atoms with Gasteiger partial charge in [-0.2, -0.15) is 35.5 Å². The Morgan fingerprint density at radius 2 is 1.81 bits per heavy atom. The minimum atomic E-state index is -4.50. The number of carbonyl (C=O) groups excluding carboxylic acids is 1. The van der Waals surface area contributed by atoms with Gasteiger partial charge in [0.15, 0.2) is 5.69 Å². The first-order chi connectivity index (χ1) is 19.6. The second-order valence-corrected chi connectivity index (χ2v) is 11.4. The Morgan fingerprint density at radius 1 is 1.19 bits per heavy atom. The van der Waals surface area contributed by atoms with Crippen LogP contribution in [0.2, 0.25) is 5.02 Å². The average molecular weight is 644 g/mol. The van der Waals surface area contributed by atoms with Crippen molar-refractivity contribution >= 4 is 29.1 Å². The van der Waals surface area contributed by atoms with Gasteiger partial charge in [-0.15, -0.1) is 0 Å². The summed E-state index contributed by atoms with van der Waals surface area (Å²) in [5.41, 5.74) is -1.84. The number of aromatic nitrogens is 2. The molecule has 0 bridgehead atoms. The van der Waals surface area contributed by atoms with E-state index in [1.807, 2.05) is 0 Å². The van der Waals surface area contributed by atoms with E-state index in [4.69, 9.17) is 29.5 Å². The number of rotatable bonds is 11. The zero-order valence-electron chi connectivity index (χ0n) is 23.7. The van der Waals surface area contributed by atoms with Gasteiger partial charge in [0.05, 0.1) is 29.3 Å². The summed E-state index contributed by atoms with van der Waals surface area (Å²) in [6, 6.07) is 3.90. The van der Waals surface area contributed by atoms with Gasteiger partial charge >= 0.3 is 24.4 Å². The first-order valence-corrected chi connectivity index (χ1v) is 14.3. The number of methoxy groups -OCH3 is 1. The van der Waals surface area contributed by atoms with Crippen molar-refractivity contribution in [1.29, 1.82) is 0 Å². The molecule has 0 radical (unpaired) electrons. The number of ether oxygens (including phenoxy) is 2. The zero-order valence-corrected chi connectivity index (χ0v) is 25.3. The molecule has 1 aromatic carbocycles. The van der Waals surface area contributed by atoms with Crippen molar-refractivity contribution in [3.05, 3.63) is 34.5 Å². The van der Waals surface area contributed by atoms with Gasteiger partial charge in [-0.1, -0.05) is 51.3 Å². The number of nitrogens with one attached hydrogen (secondary N) is 1. The van der Waals surface area contributed by atoms with Gasteiger partial charge in [-0.3, -0.25) is 9.48 Å². The molecule has 1 heterocycles. The highest BCUT2D eigenvalue weighted by Gasteiger charge is 2.47. The van der Waals surface area contributed by atoms with E-state index in [1.54, 1.807) is 0 Å². The molecule has 1 saturated carbocycles. The smallest absolute Gasteiger partial charge is 0.394 e. The van der Waals surface area contributed by atoms with Crippen LogP contribution in [0.1, 0.15) is 62.5 Å². The fourth-order valence-electron chi connectivity index (χ4n) is 4.71. The predicted octanol–water partition coefficient (Wildman–Crippen LogP) is 6.47. The van der Waals surface area contributed by atoms with Crippen molar-refractivity contribution in [2.24, 2.45) is 17.3 Å². The number of hydrogen-bond acceptors (Lipinski definition) is 6. The Labute approximate surface area is 249 Å². The van der Waals surface area contributed by atoms with Crippen LogP contribution in [0.5, 0.6) is 5.75 Å². The summed E-state index contributed by atoms with van der Waals surface area (Å²) in [6.45, 7) is 1.80. The van der Waals surface area contributed by atoms with Crippen molar-refractivity contribution in [2.75, 3.05) is 20.3 Å². The molecule has 0 atom stereocenters. The minimum absolute atomic E-state index is 0.0674. The lowest BCUT2D eigenvalue weighted by molar-refractivity contribution is -0.211. The molecule has 42 heavy (non-hydrogen) atoms. The predicted molar refractivity (Wildman–Crippen MR) is 147 cm³/mol. The lowest BCUT2D eigenvalue weighted by Gasteiger charge is -2.28. The van der Waals surface area contributed by atoms with Crippen LogP contribution >= 0.6 is 11.6 Å². The Hall–Kier alpha value is -2.58. The summed E-state index contributed by atoms with van der Waals surface area (Å²) in [5, 5.41) is 7.13. The molecular formula is C27H35ClF5N3O5S. The number of nitrogens with zero attached hydrogens (tertiary/aromatic N) is 2. The molecule has 1 aromatic heterocycles. The van der Waals surface area contributed by atoms with E-state index in [0.29, 0.717) is 18.4 Å². The van der Waals surface area contributed by atoms with Crippen LogP contribution in [0.4, 0.5) is 22.0 Å². The highest BCUT2D eigenvalue weighted by molar-refractivity contribution is 7.51. The summed E-state index contributed by atoms with van der Waals surface area (Å²) >= 11 is 5.87. The monoisotopic (exact) mass is 643 g/mol. The maximum absolute atomic E-state index is 13.4. The summed E-state index contributed by atoms with van der Waals surface area (Å²) < 4.78 is 94.9. The fourth-order valence-corrected chi connectivity index (χ4v) is 5.04. The van der Waals surface area contributed by atoms with Crippen LogP contribution in [-0.2, 0) is 29.3 Å². The molecule has 0 aliphatic heterocycles. The van der Waals surface area contributed by atoms with Crippen LogP contribution in [-0.4, -0.2) is 57.2 Å². The van der Waals surface area contributed by atoms with E-state index >= 15 is 0 Å². The van der Waals surface area contributed by atoms with Gasteiger partial charge in [-0.25, -0.2) is 0 Å². The summed E-state index contributed by atoms with van der Waals surface area (Å²) in [6.07, 6.45) is -0.750. The van der Waals surface area contributed by atoms with Crippen molar-refractivity contribution < 1.29 is 44.6 Å². The van der Waals surface area contributed by atoms with Gasteiger partial charge in [0, 0.05) is 19.2 Å². The maximum atomic E-state index is 13.4. The van der Waals surface area contributed by atoms with Gasteiger partial charge in [0.2, 0.25) is 0 Å². The molecule has 0 saturated heterocycles. The van der Waals surface area contributed by atoms with E-state index in [-0.39, 0.29) is 46.4 Å². The van der Waals surface area contributed by atoms with Crippen molar-refractivity contribution in [3.8, 4) is 17.0 Å². The molecule has 1 amide bonds. The molecule has 15 heteroatoms. The quantitative estimate of drug-likeness (QED) is 0.282. The van der Waals surface area contributed by atoms with Gasteiger partial charge in [0.1, 0.15) is 5.75 Å². The zero-order chi connectivity index (χ0) is 31.7. The topological polar surface area (TPSA) is 99.5 Å². The van der Waals surface area contributed by atoms with Gasteiger partial charge in [0.25, 0.3) is 5.91 Å². The molecule has 2 aromatic rings. The molecule has 3 rings (SSSR count). The average Bonchev–Trinajstić information content (AvgIpc) is 3.22. The van der Waals surface area contributed by atoms with Crippen LogP contribution < -0.4 is 10.1 Å². The third-order valence-corrected chi connectivity index (χ3v) is 7.59. The van der Waals surface area contributed by atoms with E-state index in [2.05, 4.69) is 17.3 Å². The number of carbonyl (C=O) groups is 1. The number of hydrogen-bond donors (Lipinski definition) is 1. The van der Waals surface area contributed by atoms with E-state index in [1.165, 1.54) is 23.9 Å². The molecule has 1 aliphatic rings. The highest BCUT2D eigenvalue weighted by Crippen LogP contribution is 2.43. The number of amides is 1. The van der Waals surface area contributed by atoms with Gasteiger partial charge in [-0.05, 0) is 48.8 Å². The van der Waals surface area contributed by atoms with E-state index < -0.39 is 42.1 Å². The fraction of sp³-hybridized carbons (Fsp3) is 0.630. The first-order valence-electron chi connectivity index (χ1n) is 13.2. The lowest BCUT2D eigenvalue weighted by atomic mass is 9.83. The van der Waals surface area contributed by atoms with Crippen LogP contribution in [0.3, 0.4) is 0 Å². The Balaban J connectivity index is 0.00000197. The molecule has 8 nitrogen and oxygen atoms in total. The van der Waals surface area contributed by atoms with Crippen LogP contribution in [0.15, 0.2) is 18.2 Å². The lowest BCUT2D eigenvalue weighted by Crippen LogP contribution is -2.34. The number of halogens is 6. The number of alkyl halides is 5. The van der Waals surface area contributed by atoms with Crippen LogP contribution in [0, 0.1) is 17.3 Å². The van der Waals surface area contributed by atoms with Crippen molar-refractivity contribution in [2.45, 2.75) is 72.2 Å². The molecule has 0 spiro atoms. The summed E-state index contributed by atoms with van der Waals surface area (Å²) in [5.74, 6) is 0.139. The Morgan fingerprint density at radius 3 is 2.36 bits per heavy atom. The molecule has 236 valence electrons. The molecular weight excluding hydrogens is 609 g/mol. The minimum Gasteiger partial charge on any atom is -0.434 e. The third kappa shape index (κ3) is 9.73. The Kier molecular flexibility index (Phi) is 13.4. The Bertz CT molecular complexity index is 1230. The normalized spacial score (nSPS) is 17.4. The molecule has 0 unspecified atom stereocenters. The summed E-state index contributed by atoms with van der Waals surface area (Å²) in [4.78, 5) is 13.1. The molecule has 1 fully saturated rings. The standard InChI is InChI=1S/C27H35ClF5N3O3.O2S/c1-16-5-7-17(8-6-16)15-34-24(37)22-21(28)23(36(35-22)11-12-38-4)19-10-9-18(13-20(19)39-25(29)30)14-26(2,3)27(31,32)33;1-3-2/h9-10,13,16-17,25H,5-8,11-12,14-15H2,1-4H3,(H,34,37);. The van der Waals surface area contributed by atoms with Crippen LogP contribution in [0.25, 0.3) is 11.3 Å². The second-order valence-electron chi connectivity index (χ2n) is 10.9. The van der Waals surface area contributed by atoms with Gasteiger partial charge < -0.3 is 14.8 Å². The second kappa shape index (κ2) is 15.8.